The number of anilines is 4. The Balaban J connectivity index is 1.85. The molecule has 0 atom stereocenters. The summed E-state index contributed by atoms with van der Waals surface area (Å²) in [6.07, 6.45) is 3.30. The van der Waals surface area contributed by atoms with Gasteiger partial charge in [-0.1, -0.05) is 19.4 Å². The van der Waals surface area contributed by atoms with Gasteiger partial charge in [0.25, 0.3) is 0 Å². The smallest absolute Gasteiger partial charge is 0.353 e. The number of aryl methyl sites for hydroxylation is 1. The molecule has 0 saturated heterocycles. The van der Waals surface area contributed by atoms with Gasteiger partial charge in [0.15, 0.2) is 0 Å². The summed E-state index contributed by atoms with van der Waals surface area (Å²) in [4.78, 5) is 19.5. The predicted octanol–water partition coefficient (Wildman–Crippen LogP) is 5.37. The number of hydrogen-bond donors (Lipinski definition) is 2. The molecule has 2 N–H and O–H groups in total. The highest BCUT2D eigenvalue weighted by Gasteiger charge is 2.24. The van der Waals surface area contributed by atoms with Crippen LogP contribution in [0.3, 0.4) is 0 Å². The molecule has 0 bridgehead atoms. The van der Waals surface area contributed by atoms with Gasteiger partial charge in [0.2, 0.25) is 11.6 Å². The van der Waals surface area contributed by atoms with Gasteiger partial charge in [-0.3, -0.25) is 10.1 Å². The van der Waals surface area contributed by atoms with Crippen LogP contribution in [-0.2, 0) is 0 Å². The molecule has 0 saturated carbocycles. The number of nitro groups is 1. The van der Waals surface area contributed by atoms with Crippen molar-refractivity contribution in [2.45, 2.75) is 26.7 Å². The van der Waals surface area contributed by atoms with Gasteiger partial charge in [0.05, 0.1) is 24.3 Å². The number of rotatable bonds is 10. The van der Waals surface area contributed by atoms with E-state index in [4.69, 9.17) is 9.47 Å². The average molecular weight is 423 g/mol. The van der Waals surface area contributed by atoms with Gasteiger partial charge in [0.1, 0.15) is 17.8 Å². The lowest BCUT2D eigenvalue weighted by atomic mass is 10.2. The monoisotopic (exact) mass is 423 g/mol. The first-order valence-electron chi connectivity index (χ1n) is 9.92. The van der Waals surface area contributed by atoms with Gasteiger partial charge in [-0.05, 0) is 55.3 Å². The number of unbranched alkanes of at least 4 members (excludes halogenated alkanes) is 1. The van der Waals surface area contributed by atoms with Crippen LogP contribution in [0.2, 0.25) is 0 Å². The van der Waals surface area contributed by atoms with Crippen LogP contribution >= 0.6 is 0 Å². The second-order valence-electron chi connectivity index (χ2n) is 6.86. The first-order chi connectivity index (χ1) is 15.0. The van der Waals surface area contributed by atoms with Gasteiger partial charge in [0, 0.05) is 5.69 Å². The molecule has 2 aromatic carbocycles. The highest BCUT2D eigenvalue weighted by atomic mass is 16.6. The molecular weight excluding hydrogens is 398 g/mol. The molecule has 31 heavy (non-hydrogen) atoms. The fourth-order valence-electron chi connectivity index (χ4n) is 2.89. The van der Waals surface area contributed by atoms with E-state index in [0.29, 0.717) is 23.7 Å². The van der Waals surface area contributed by atoms with Crippen molar-refractivity contribution in [2.24, 2.45) is 0 Å². The third-order valence-electron chi connectivity index (χ3n) is 4.50. The van der Waals surface area contributed by atoms with E-state index in [1.807, 2.05) is 31.2 Å². The van der Waals surface area contributed by atoms with Gasteiger partial charge in [-0.25, -0.2) is 9.97 Å². The maximum atomic E-state index is 11.8. The molecular formula is C22H25N5O4. The fraction of sp³-hybridized carbons (Fsp3) is 0.273. The normalized spacial score (nSPS) is 10.4. The molecule has 0 fully saturated rings. The van der Waals surface area contributed by atoms with Crippen molar-refractivity contribution in [3.63, 3.8) is 0 Å². The lowest BCUT2D eigenvalue weighted by Crippen LogP contribution is -2.06. The van der Waals surface area contributed by atoms with E-state index in [1.165, 1.54) is 13.4 Å². The summed E-state index contributed by atoms with van der Waals surface area (Å²) in [6, 6.07) is 12.7. The number of hydrogen-bond acceptors (Lipinski definition) is 8. The Morgan fingerprint density at radius 3 is 2.42 bits per heavy atom. The summed E-state index contributed by atoms with van der Waals surface area (Å²) in [7, 11) is 1.53. The van der Waals surface area contributed by atoms with Crippen LogP contribution < -0.4 is 20.1 Å². The number of ether oxygens (including phenoxy) is 2. The summed E-state index contributed by atoms with van der Waals surface area (Å²) in [5.41, 5.74) is 1.92. The van der Waals surface area contributed by atoms with Crippen LogP contribution in [0.5, 0.6) is 11.5 Å². The summed E-state index contributed by atoms with van der Waals surface area (Å²) in [5, 5.41) is 17.8. The Labute approximate surface area is 180 Å². The van der Waals surface area contributed by atoms with Crippen LogP contribution in [0.1, 0.15) is 25.3 Å². The quantitative estimate of drug-likeness (QED) is 0.254. The summed E-state index contributed by atoms with van der Waals surface area (Å²) >= 11 is 0. The van der Waals surface area contributed by atoms with Crippen LogP contribution in [-0.4, -0.2) is 28.6 Å². The van der Waals surface area contributed by atoms with E-state index in [9.17, 15) is 10.1 Å². The van der Waals surface area contributed by atoms with E-state index in [0.717, 1.165) is 24.2 Å². The van der Waals surface area contributed by atoms with Crippen molar-refractivity contribution in [1.82, 2.24) is 9.97 Å². The van der Waals surface area contributed by atoms with Gasteiger partial charge in [-0.2, -0.15) is 0 Å². The fourth-order valence-corrected chi connectivity index (χ4v) is 2.89. The molecule has 9 nitrogen and oxygen atoms in total. The van der Waals surface area contributed by atoms with E-state index >= 15 is 0 Å². The molecule has 1 aromatic heterocycles. The van der Waals surface area contributed by atoms with E-state index in [1.54, 1.807) is 18.2 Å². The number of nitrogens with zero attached hydrogens (tertiary/aromatic N) is 3. The van der Waals surface area contributed by atoms with Gasteiger partial charge in [-0.15, -0.1) is 0 Å². The lowest BCUT2D eigenvalue weighted by Gasteiger charge is -2.13. The second kappa shape index (κ2) is 10.2. The molecule has 0 aliphatic rings. The molecule has 0 amide bonds. The molecule has 3 aromatic rings. The van der Waals surface area contributed by atoms with Gasteiger partial charge >= 0.3 is 5.69 Å². The second-order valence-corrected chi connectivity index (χ2v) is 6.86. The maximum Gasteiger partial charge on any atom is 0.353 e. The first kappa shape index (κ1) is 21.8. The van der Waals surface area contributed by atoms with Crippen LogP contribution in [0.15, 0.2) is 48.8 Å². The number of nitrogens with one attached hydrogen (secondary N) is 2. The third-order valence-corrected chi connectivity index (χ3v) is 4.50. The van der Waals surface area contributed by atoms with E-state index in [2.05, 4.69) is 27.5 Å². The lowest BCUT2D eigenvalue weighted by molar-refractivity contribution is -0.383. The molecule has 0 spiro atoms. The minimum absolute atomic E-state index is 0.0610. The molecule has 1 heterocycles. The highest BCUT2D eigenvalue weighted by Crippen LogP contribution is 2.36. The Hall–Kier alpha value is -3.88. The molecule has 3 rings (SSSR count). The van der Waals surface area contributed by atoms with Crippen molar-refractivity contribution in [3.8, 4) is 11.5 Å². The molecule has 0 aliphatic carbocycles. The predicted molar refractivity (Wildman–Crippen MR) is 120 cm³/mol. The summed E-state index contributed by atoms with van der Waals surface area (Å²) < 4.78 is 11.0. The Morgan fingerprint density at radius 1 is 1.06 bits per heavy atom. The van der Waals surface area contributed by atoms with Crippen LogP contribution in [0.25, 0.3) is 0 Å². The van der Waals surface area contributed by atoms with Gasteiger partial charge < -0.3 is 20.1 Å². The molecule has 0 aliphatic heterocycles. The highest BCUT2D eigenvalue weighted by molar-refractivity contribution is 5.78. The zero-order valence-electron chi connectivity index (χ0n) is 17.7. The number of benzene rings is 2. The average Bonchev–Trinajstić information content (AvgIpc) is 2.75. The minimum Gasteiger partial charge on any atom is -0.495 e. The minimum atomic E-state index is -0.519. The largest absolute Gasteiger partial charge is 0.495 e. The standard InChI is InChI=1S/C22H25N5O4/c1-4-5-12-31-17-9-7-16(8-10-17)25-21-20(27(28)29)22(24-14-23-21)26-18-13-15(2)6-11-19(18)30-3/h6-11,13-14H,4-5,12H2,1-3H3,(H2,23,24,25,26). The Morgan fingerprint density at radius 2 is 1.77 bits per heavy atom. The topological polar surface area (TPSA) is 111 Å². The number of methoxy groups -OCH3 is 1. The van der Waals surface area contributed by atoms with Crippen molar-refractivity contribution >= 4 is 28.7 Å². The maximum absolute atomic E-state index is 11.8. The third kappa shape index (κ3) is 5.59. The summed E-state index contributed by atoms with van der Waals surface area (Å²) in [5.74, 6) is 1.43. The van der Waals surface area contributed by atoms with Crippen LogP contribution in [0, 0.1) is 17.0 Å². The number of aromatic nitrogens is 2. The zero-order chi connectivity index (χ0) is 22.2. The Kier molecular flexibility index (Phi) is 7.21. The van der Waals surface area contributed by atoms with Crippen molar-refractivity contribution in [2.75, 3.05) is 24.4 Å². The zero-order valence-corrected chi connectivity index (χ0v) is 17.7. The molecule has 162 valence electrons. The Bertz CT molecular complexity index is 1040. The SMILES string of the molecule is CCCCOc1ccc(Nc2ncnc(Nc3cc(C)ccc3OC)c2[N+](=O)[O-])cc1. The van der Waals surface area contributed by atoms with E-state index in [-0.39, 0.29) is 17.3 Å². The van der Waals surface area contributed by atoms with E-state index < -0.39 is 4.92 Å². The molecule has 9 heteroatoms. The first-order valence-corrected chi connectivity index (χ1v) is 9.92. The van der Waals surface area contributed by atoms with Crippen molar-refractivity contribution < 1.29 is 14.4 Å². The van der Waals surface area contributed by atoms with Crippen molar-refractivity contribution in [3.05, 3.63) is 64.5 Å². The molecule has 0 radical (unpaired) electrons. The van der Waals surface area contributed by atoms with Crippen LogP contribution in [0.4, 0.5) is 28.7 Å². The molecule has 0 unspecified atom stereocenters. The van der Waals surface area contributed by atoms with Crippen molar-refractivity contribution in [1.29, 1.82) is 0 Å². The summed E-state index contributed by atoms with van der Waals surface area (Å²) in [6.45, 7) is 4.67.